The molecule has 1 aromatic rings. The van der Waals surface area contributed by atoms with E-state index in [2.05, 4.69) is 79.8 Å². The molecule has 3 saturated carbocycles. The third kappa shape index (κ3) is 6.03. The van der Waals surface area contributed by atoms with Gasteiger partial charge in [-0.15, -0.1) is 0 Å². The van der Waals surface area contributed by atoms with Gasteiger partial charge in [0.05, 0.1) is 30.3 Å². The van der Waals surface area contributed by atoms with Crippen molar-refractivity contribution in [3.05, 3.63) is 68.6 Å². The summed E-state index contributed by atoms with van der Waals surface area (Å²) in [5, 5.41) is 35.5. The number of Topliss-reactive ketones (excluding diaryl/α,β-unsaturated/α-hetero) is 2. The number of hydrogen-bond acceptors (Lipinski definition) is 7. The fraction of sp³-hybridized carbons (Fsp3) is 0.706. The van der Waals surface area contributed by atoms with Crippen molar-refractivity contribution in [2.24, 2.45) is 55.7 Å². The molecule has 320 valence electrons. The Kier molecular flexibility index (Phi) is 9.60. The van der Waals surface area contributed by atoms with Crippen LogP contribution in [0.1, 0.15) is 130 Å². The lowest BCUT2D eigenvalue weighted by Crippen LogP contribution is -3.10. The van der Waals surface area contributed by atoms with Crippen LogP contribution in [0.15, 0.2) is 56.9 Å². The number of aliphatic hydroxyl groups is 3. The number of ketones is 2. The van der Waals surface area contributed by atoms with Gasteiger partial charge >= 0.3 is 0 Å². The molecule has 8 nitrogen and oxygen atoms in total. The minimum atomic E-state index is -0.732. The number of carbonyl (C=O) groups is 2. The fourth-order valence-electron chi connectivity index (χ4n) is 15.8. The molecule has 0 aromatic heterocycles. The van der Waals surface area contributed by atoms with Gasteiger partial charge in [0.15, 0.2) is 11.5 Å². The Labute approximate surface area is 352 Å². The first-order chi connectivity index (χ1) is 27.6. The van der Waals surface area contributed by atoms with Crippen LogP contribution in [0.4, 0.5) is 0 Å². The molecule has 1 unspecified atom stereocenters. The average molecular weight is 808 g/mol. The highest BCUT2D eigenvalue weighted by Crippen LogP contribution is 2.76. The van der Waals surface area contributed by atoms with Gasteiger partial charge in [-0.2, -0.15) is 0 Å². The number of aryl methyl sites for hydroxylation is 2. The Morgan fingerprint density at radius 1 is 1.00 bits per heavy atom. The second kappa shape index (κ2) is 13.6. The van der Waals surface area contributed by atoms with Gasteiger partial charge in [-0.25, -0.2) is 4.99 Å². The van der Waals surface area contributed by atoms with Crippen LogP contribution >= 0.6 is 0 Å². The smallest absolute Gasteiger partial charge is 0.162 e. The van der Waals surface area contributed by atoms with Crippen LogP contribution in [0, 0.1) is 64.6 Å². The number of nitrogens with zero attached hydrogens (tertiary/aromatic N) is 1. The summed E-state index contributed by atoms with van der Waals surface area (Å²) in [5.74, 6) is -0.0148. The third-order valence-electron chi connectivity index (χ3n) is 18.3. The van der Waals surface area contributed by atoms with Crippen LogP contribution in [-0.4, -0.2) is 76.7 Å². The van der Waals surface area contributed by atoms with E-state index in [-0.39, 0.29) is 47.6 Å². The van der Waals surface area contributed by atoms with Crippen LogP contribution in [0.5, 0.6) is 0 Å². The zero-order valence-corrected chi connectivity index (χ0v) is 37.6. The van der Waals surface area contributed by atoms with Crippen LogP contribution in [-0.2, 0) is 20.7 Å². The number of allylic oxidation sites excluding steroid dienone is 2. The van der Waals surface area contributed by atoms with Crippen molar-refractivity contribution in [2.45, 2.75) is 157 Å². The standard InChI is InChI=1S/C51H70N2O6/c1-28-18-29(2)20-30(19-28)21-33-26-53-27-34-38-39(48(7,23-36(56)45-47(5,6)59-45)15-13-32-25-52-40(33)41(32)53)35(55)24-51(38,10)50(9)16-14-37-46(3,4)44(58)31(12-11-17-54)22-49(37,8)43(50)42(34)57/h18-20,25,31,34,36-37,42-43,45,54,56-57H,11-17,21-24,26-27H2,1-10H3/p+1/t31-,34+,36+,37+,42+,43-,45-,48-,49+,50-,51-/m0/s1. The Morgan fingerprint density at radius 2 is 1.69 bits per heavy atom. The molecule has 1 saturated heterocycles. The molecule has 8 heteroatoms. The van der Waals surface area contributed by atoms with Crippen molar-refractivity contribution in [1.29, 1.82) is 0 Å². The number of hydrogen-bond donors (Lipinski definition) is 4. The predicted molar refractivity (Wildman–Crippen MR) is 230 cm³/mol. The van der Waals surface area contributed by atoms with E-state index in [1.165, 1.54) is 38.4 Å². The number of fused-ring (bicyclic) bond motifs is 4. The number of epoxide rings is 1. The number of nitrogens with one attached hydrogen (secondary N) is 1. The Balaban J connectivity index is 1.20. The highest BCUT2D eigenvalue weighted by molar-refractivity contribution is 6.02. The molecule has 4 heterocycles. The van der Waals surface area contributed by atoms with E-state index in [9.17, 15) is 20.1 Å². The number of rotatable bonds is 8. The monoisotopic (exact) mass is 808 g/mol. The topological polar surface area (TPSA) is 124 Å². The van der Waals surface area contributed by atoms with E-state index in [0.717, 1.165) is 49.1 Å². The molecule has 4 N–H and O–H groups in total. The summed E-state index contributed by atoms with van der Waals surface area (Å²) in [5.41, 5.74) is 7.88. The normalized spacial score (nSPS) is 42.2. The summed E-state index contributed by atoms with van der Waals surface area (Å²) >= 11 is 0. The quantitative estimate of drug-likeness (QED) is 0.216. The maximum Gasteiger partial charge on any atom is 0.162 e. The van der Waals surface area contributed by atoms with Crippen molar-refractivity contribution in [3.63, 3.8) is 0 Å². The fourth-order valence-corrected chi connectivity index (χ4v) is 15.8. The van der Waals surface area contributed by atoms with Gasteiger partial charge in [-0.05, 0) is 118 Å². The van der Waals surface area contributed by atoms with Crippen LogP contribution in [0.25, 0.3) is 0 Å². The number of quaternary nitrogens is 1. The van der Waals surface area contributed by atoms with E-state index in [1.807, 2.05) is 13.8 Å². The van der Waals surface area contributed by atoms with Crippen molar-refractivity contribution in [1.82, 2.24) is 0 Å². The summed E-state index contributed by atoms with van der Waals surface area (Å²) in [4.78, 5) is 36.0. The zero-order valence-electron chi connectivity index (χ0n) is 37.6. The first-order valence-corrected chi connectivity index (χ1v) is 23.0. The maximum absolute atomic E-state index is 15.3. The summed E-state index contributed by atoms with van der Waals surface area (Å²) in [6, 6.07) is 6.81. The van der Waals surface area contributed by atoms with Gasteiger partial charge in [-0.3, -0.25) is 14.5 Å². The van der Waals surface area contributed by atoms with Crippen molar-refractivity contribution < 1.29 is 34.5 Å². The lowest BCUT2D eigenvalue weighted by atomic mass is 9.34. The summed E-state index contributed by atoms with van der Waals surface area (Å²) in [6.07, 6.45) is 7.11. The Hall–Kier alpha value is -2.75. The van der Waals surface area contributed by atoms with Gasteiger partial charge in [-0.1, -0.05) is 70.9 Å². The van der Waals surface area contributed by atoms with Gasteiger partial charge in [0.25, 0.3) is 0 Å². The van der Waals surface area contributed by atoms with Crippen molar-refractivity contribution in [2.75, 3.05) is 19.7 Å². The molecule has 4 aliphatic carbocycles. The number of aliphatic hydroxyl groups excluding tert-OH is 3. The minimum Gasteiger partial charge on any atom is -0.396 e. The molecule has 9 rings (SSSR count). The second-order valence-corrected chi connectivity index (χ2v) is 22.9. The molecule has 0 bridgehead atoms. The first-order valence-electron chi connectivity index (χ1n) is 23.0. The van der Waals surface area contributed by atoms with E-state index < -0.39 is 39.5 Å². The zero-order chi connectivity index (χ0) is 42.4. The molecule has 1 aromatic carbocycles. The van der Waals surface area contributed by atoms with Gasteiger partial charge in [0.1, 0.15) is 24.1 Å². The first kappa shape index (κ1) is 41.6. The Morgan fingerprint density at radius 3 is 2.36 bits per heavy atom. The van der Waals surface area contributed by atoms with Crippen LogP contribution < -0.4 is 4.90 Å². The van der Waals surface area contributed by atoms with Crippen LogP contribution in [0.2, 0.25) is 0 Å². The average Bonchev–Trinajstić information content (AvgIpc) is 3.39. The number of carbonyl (C=O) groups excluding carboxylic acids is 2. The van der Waals surface area contributed by atoms with Crippen LogP contribution in [0.3, 0.4) is 0 Å². The summed E-state index contributed by atoms with van der Waals surface area (Å²) < 4.78 is 6.02. The molecule has 59 heavy (non-hydrogen) atoms. The Bertz CT molecular complexity index is 2110. The molecule has 4 aliphatic heterocycles. The summed E-state index contributed by atoms with van der Waals surface area (Å²) in [6.45, 7) is 23.5. The van der Waals surface area contributed by atoms with Gasteiger partial charge in [0, 0.05) is 59.1 Å². The van der Waals surface area contributed by atoms with Crippen molar-refractivity contribution in [3.8, 4) is 0 Å². The number of ether oxygens (including phenoxy) is 1. The highest BCUT2D eigenvalue weighted by atomic mass is 16.6. The van der Waals surface area contributed by atoms with E-state index in [1.54, 1.807) is 0 Å². The van der Waals surface area contributed by atoms with Gasteiger partial charge < -0.3 is 20.1 Å². The van der Waals surface area contributed by atoms with E-state index >= 15 is 4.79 Å². The van der Waals surface area contributed by atoms with E-state index in [4.69, 9.17) is 9.73 Å². The van der Waals surface area contributed by atoms with Gasteiger partial charge in [0.2, 0.25) is 0 Å². The maximum atomic E-state index is 15.3. The lowest BCUT2D eigenvalue weighted by molar-refractivity contribution is -0.852. The molecular formula is C51H71N2O6+. The molecule has 4 fully saturated rings. The molecule has 8 aliphatic rings. The number of benzene rings is 1. The molecule has 0 spiro atoms. The SMILES string of the molecule is Cc1cc(C)cc(CC2=C3N=CC4=C3[NH+](C2)C[C@@H]2C3=C(C(=O)C[C@]3(C)[C@@]3(C)CC[C@@H]5C(C)(C)C(=O)[C@@H](CCCO)C[C@@]5(C)[C@@H]3[C@@H]2O)[C@](C)(C[C@@H](O)[C@@H]2OC2(C)C)CC4)c1. The largest absolute Gasteiger partial charge is 0.396 e. The predicted octanol–water partition coefficient (Wildman–Crippen LogP) is 6.76. The van der Waals surface area contributed by atoms with Crippen molar-refractivity contribution >= 4 is 17.8 Å². The van der Waals surface area contributed by atoms with E-state index in [0.29, 0.717) is 50.9 Å². The summed E-state index contributed by atoms with van der Waals surface area (Å²) in [7, 11) is 0. The minimum absolute atomic E-state index is 0.0623. The number of aliphatic imine (C=N–C) groups is 1. The third-order valence-corrected chi connectivity index (χ3v) is 18.3. The highest BCUT2D eigenvalue weighted by Gasteiger charge is 2.74. The molecular weight excluding hydrogens is 737 g/mol. The molecule has 12 atom stereocenters. The lowest BCUT2D eigenvalue weighted by Gasteiger charge is -2.70. The second-order valence-electron chi connectivity index (χ2n) is 22.9. The molecule has 0 radical (unpaired) electrons. The molecule has 0 amide bonds.